The fraction of sp³-hybridized carbons (Fsp3) is 0.538. The molecule has 116 valence electrons. The van der Waals surface area contributed by atoms with Crippen LogP contribution in [0.2, 0.25) is 0 Å². The lowest BCUT2D eigenvalue weighted by Gasteiger charge is -2.32. The highest BCUT2D eigenvalue weighted by Gasteiger charge is 2.52. The minimum atomic E-state index is -3.48. The molecule has 8 heteroatoms. The first-order valence-corrected chi connectivity index (χ1v) is 8.47. The molecule has 1 fully saturated rings. The molecule has 1 heterocycles. The van der Waals surface area contributed by atoms with E-state index in [9.17, 15) is 13.5 Å². The Morgan fingerprint density at radius 1 is 1.14 bits per heavy atom. The maximum Gasteiger partial charge on any atom is 0.497 e. The van der Waals surface area contributed by atoms with Gasteiger partial charge in [0.2, 0.25) is 10.0 Å². The summed E-state index contributed by atoms with van der Waals surface area (Å²) in [7, 11) is -4.18. The molecule has 0 amide bonds. The van der Waals surface area contributed by atoms with Gasteiger partial charge in [-0.3, -0.25) is 4.72 Å². The lowest BCUT2D eigenvalue weighted by molar-refractivity contribution is 0.00578. The molecule has 0 radical (unpaired) electrons. The van der Waals surface area contributed by atoms with Crippen LogP contribution in [0.15, 0.2) is 18.2 Å². The maximum atomic E-state index is 11.5. The van der Waals surface area contributed by atoms with E-state index in [1.54, 1.807) is 6.07 Å². The summed E-state index contributed by atoms with van der Waals surface area (Å²) in [6.45, 7) is 7.66. The first-order valence-electron chi connectivity index (χ1n) is 6.58. The van der Waals surface area contributed by atoms with Gasteiger partial charge in [0.1, 0.15) is 5.75 Å². The van der Waals surface area contributed by atoms with Crippen molar-refractivity contribution in [1.82, 2.24) is 0 Å². The Bertz CT molecular complexity index is 641. The fourth-order valence-electron chi connectivity index (χ4n) is 2.01. The Hall–Kier alpha value is -1.25. The monoisotopic (exact) mass is 313 g/mol. The minimum absolute atomic E-state index is 0.0404. The van der Waals surface area contributed by atoms with Crippen LogP contribution in [-0.4, -0.2) is 38.1 Å². The largest absolute Gasteiger partial charge is 0.508 e. The average molecular weight is 313 g/mol. The Balaban J connectivity index is 2.42. The third-order valence-electron chi connectivity index (χ3n) is 3.84. The average Bonchev–Trinajstić information content (AvgIpc) is 2.45. The molecule has 0 spiro atoms. The van der Waals surface area contributed by atoms with Gasteiger partial charge in [0.15, 0.2) is 0 Å². The SMILES string of the molecule is CC1(C)OB(c2ccc(O)cc2NS(C)(=O)=O)OC1(C)C. The molecule has 0 aliphatic carbocycles. The first kappa shape index (κ1) is 16.1. The van der Waals surface area contributed by atoms with Gasteiger partial charge in [0, 0.05) is 11.5 Å². The van der Waals surface area contributed by atoms with Gasteiger partial charge in [-0.15, -0.1) is 0 Å². The molecule has 1 aliphatic rings. The molecule has 21 heavy (non-hydrogen) atoms. The predicted octanol–water partition coefficient (Wildman–Crippen LogP) is 1.06. The zero-order valence-electron chi connectivity index (χ0n) is 12.8. The molecule has 0 atom stereocenters. The summed E-state index contributed by atoms with van der Waals surface area (Å²) in [5.74, 6) is -0.0404. The second kappa shape index (κ2) is 4.89. The van der Waals surface area contributed by atoms with Crippen molar-refractivity contribution in [2.75, 3.05) is 11.0 Å². The smallest absolute Gasteiger partial charge is 0.497 e. The zero-order valence-corrected chi connectivity index (χ0v) is 13.6. The van der Waals surface area contributed by atoms with Crippen molar-refractivity contribution in [3.05, 3.63) is 18.2 Å². The predicted molar refractivity (Wildman–Crippen MR) is 82.3 cm³/mol. The molecular weight excluding hydrogens is 293 g/mol. The minimum Gasteiger partial charge on any atom is -0.508 e. The highest BCUT2D eigenvalue weighted by atomic mass is 32.2. The van der Waals surface area contributed by atoms with Gasteiger partial charge in [-0.1, -0.05) is 6.07 Å². The van der Waals surface area contributed by atoms with Crippen molar-refractivity contribution in [2.45, 2.75) is 38.9 Å². The number of rotatable bonds is 3. The van der Waals surface area contributed by atoms with E-state index in [-0.39, 0.29) is 11.4 Å². The highest BCUT2D eigenvalue weighted by Crippen LogP contribution is 2.37. The number of sulfonamides is 1. The lowest BCUT2D eigenvalue weighted by atomic mass is 9.78. The summed E-state index contributed by atoms with van der Waals surface area (Å²) in [5, 5.41) is 9.57. The topological polar surface area (TPSA) is 84.9 Å². The van der Waals surface area contributed by atoms with E-state index in [0.717, 1.165) is 6.26 Å². The molecule has 6 nitrogen and oxygen atoms in total. The van der Waals surface area contributed by atoms with Gasteiger partial charge in [0.05, 0.1) is 23.1 Å². The standard InChI is InChI=1S/C13H20BNO5S/c1-12(2)13(3,4)20-14(19-12)10-7-6-9(16)8-11(10)15-21(5,17)18/h6-8,15-16H,1-5H3. The van der Waals surface area contributed by atoms with Crippen molar-refractivity contribution in [1.29, 1.82) is 0 Å². The number of nitrogens with one attached hydrogen (secondary N) is 1. The summed E-state index contributed by atoms with van der Waals surface area (Å²) in [5.41, 5.74) is -0.289. The zero-order chi connectivity index (χ0) is 16.1. The highest BCUT2D eigenvalue weighted by molar-refractivity contribution is 7.92. The van der Waals surface area contributed by atoms with E-state index >= 15 is 0 Å². The molecule has 1 saturated heterocycles. The van der Waals surface area contributed by atoms with Gasteiger partial charge in [-0.25, -0.2) is 8.42 Å². The Labute approximate surface area is 125 Å². The normalized spacial score (nSPS) is 20.5. The first-order chi connectivity index (χ1) is 9.41. The molecule has 0 unspecified atom stereocenters. The van der Waals surface area contributed by atoms with E-state index in [1.807, 2.05) is 27.7 Å². The second-order valence-corrected chi connectivity index (χ2v) is 7.98. The van der Waals surface area contributed by atoms with Crippen LogP contribution in [0.4, 0.5) is 5.69 Å². The molecule has 1 aliphatic heterocycles. The van der Waals surface area contributed by atoms with Gasteiger partial charge in [0.25, 0.3) is 0 Å². The van der Waals surface area contributed by atoms with E-state index in [2.05, 4.69) is 4.72 Å². The van der Waals surface area contributed by atoms with Crippen LogP contribution >= 0.6 is 0 Å². The van der Waals surface area contributed by atoms with E-state index < -0.39 is 28.3 Å². The van der Waals surface area contributed by atoms with Crippen LogP contribution in [0.3, 0.4) is 0 Å². The second-order valence-electron chi connectivity index (χ2n) is 6.23. The van der Waals surface area contributed by atoms with E-state index in [4.69, 9.17) is 9.31 Å². The van der Waals surface area contributed by atoms with Gasteiger partial charge in [-0.2, -0.15) is 0 Å². The van der Waals surface area contributed by atoms with Crippen molar-refractivity contribution in [3.63, 3.8) is 0 Å². The molecule has 2 N–H and O–H groups in total. The summed E-state index contributed by atoms with van der Waals surface area (Å²) in [6, 6.07) is 4.39. The number of aromatic hydroxyl groups is 1. The Kier molecular flexibility index (Phi) is 3.76. The van der Waals surface area contributed by atoms with Crippen LogP contribution in [-0.2, 0) is 19.3 Å². The third kappa shape index (κ3) is 3.33. The molecular formula is C13H20BNO5S. The van der Waals surface area contributed by atoms with Crippen LogP contribution in [0, 0.1) is 0 Å². The molecule has 0 saturated carbocycles. The number of anilines is 1. The van der Waals surface area contributed by atoms with Crippen LogP contribution in [0.5, 0.6) is 5.75 Å². The van der Waals surface area contributed by atoms with Crippen LogP contribution in [0.25, 0.3) is 0 Å². The number of hydrogen-bond donors (Lipinski definition) is 2. The molecule has 0 aromatic heterocycles. The van der Waals surface area contributed by atoms with Crippen molar-refractivity contribution in [2.24, 2.45) is 0 Å². The number of phenolic OH excluding ortho intramolecular Hbond substituents is 1. The number of benzene rings is 1. The molecule has 0 bridgehead atoms. The van der Waals surface area contributed by atoms with Gasteiger partial charge >= 0.3 is 7.12 Å². The summed E-state index contributed by atoms with van der Waals surface area (Å²) >= 11 is 0. The molecule has 2 rings (SSSR count). The van der Waals surface area contributed by atoms with Crippen LogP contribution < -0.4 is 10.2 Å². The summed E-state index contributed by atoms with van der Waals surface area (Å²) < 4.78 is 37.1. The number of phenols is 1. The molecule has 1 aromatic carbocycles. The van der Waals surface area contributed by atoms with Crippen LogP contribution in [0.1, 0.15) is 27.7 Å². The third-order valence-corrected chi connectivity index (χ3v) is 4.43. The maximum absolute atomic E-state index is 11.5. The quantitative estimate of drug-likeness (QED) is 0.815. The van der Waals surface area contributed by atoms with Gasteiger partial charge in [-0.05, 0) is 33.8 Å². The Morgan fingerprint density at radius 3 is 2.14 bits per heavy atom. The van der Waals surface area contributed by atoms with Crippen molar-refractivity contribution in [3.8, 4) is 5.75 Å². The summed E-state index contributed by atoms with van der Waals surface area (Å²) in [6.07, 6.45) is 1.05. The van der Waals surface area contributed by atoms with E-state index in [0.29, 0.717) is 5.46 Å². The lowest BCUT2D eigenvalue weighted by Crippen LogP contribution is -2.41. The van der Waals surface area contributed by atoms with E-state index in [1.165, 1.54) is 12.1 Å². The fourth-order valence-corrected chi connectivity index (χ4v) is 2.58. The Morgan fingerprint density at radius 2 is 1.67 bits per heavy atom. The van der Waals surface area contributed by atoms with Gasteiger partial charge < -0.3 is 14.4 Å². The van der Waals surface area contributed by atoms with Crippen molar-refractivity contribution >= 4 is 28.3 Å². The summed E-state index contributed by atoms with van der Waals surface area (Å²) in [4.78, 5) is 0. The molecule has 1 aromatic rings. The van der Waals surface area contributed by atoms with Crippen molar-refractivity contribution < 1.29 is 22.8 Å². The number of hydrogen-bond acceptors (Lipinski definition) is 5.